The third-order valence-electron chi connectivity index (χ3n) is 2.64. The standard InChI is InChI=1S/C13H15N3O4S/c1-19-9-5-8(6-10(7-9)20-2)12-14-13(16-15-12)21-4-3-11(17)18/h5-7H,3-4H2,1-2H3,(H,17,18)(H,14,15,16). The monoisotopic (exact) mass is 309 g/mol. The maximum atomic E-state index is 10.5. The summed E-state index contributed by atoms with van der Waals surface area (Å²) in [7, 11) is 3.15. The number of methoxy groups -OCH3 is 2. The molecule has 0 aliphatic rings. The van der Waals surface area contributed by atoms with E-state index < -0.39 is 5.97 Å². The molecule has 112 valence electrons. The van der Waals surface area contributed by atoms with Crippen LogP contribution in [0.4, 0.5) is 0 Å². The van der Waals surface area contributed by atoms with Gasteiger partial charge in [0.15, 0.2) is 5.82 Å². The Morgan fingerprint density at radius 2 is 1.95 bits per heavy atom. The van der Waals surface area contributed by atoms with Crippen molar-refractivity contribution in [2.45, 2.75) is 11.6 Å². The predicted molar refractivity (Wildman–Crippen MR) is 77.9 cm³/mol. The number of rotatable bonds is 7. The van der Waals surface area contributed by atoms with Gasteiger partial charge in [-0.2, -0.15) is 0 Å². The molecule has 0 spiro atoms. The third-order valence-corrected chi connectivity index (χ3v) is 3.49. The van der Waals surface area contributed by atoms with Crippen LogP contribution in [0.3, 0.4) is 0 Å². The molecule has 0 radical (unpaired) electrons. The Kier molecular flexibility index (Phi) is 5.04. The lowest BCUT2D eigenvalue weighted by atomic mass is 10.2. The molecule has 0 aliphatic carbocycles. The van der Waals surface area contributed by atoms with E-state index in [1.807, 2.05) is 12.1 Å². The first-order valence-corrected chi connectivity index (χ1v) is 7.11. The topological polar surface area (TPSA) is 97.3 Å². The number of carboxylic acids is 1. The summed E-state index contributed by atoms with van der Waals surface area (Å²) in [4.78, 5) is 14.8. The van der Waals surface area contributed by atoms with E-state index in [2.05, 4.69) is 15.2 Å². The molecule has 1 aromatic heterocycles. The third kappa shape index (κ3) is 4.12. The fraction of sp³-hybridized carbons (Fsp3) is 0.308. The minimum absolute atomic E-state index is 0.0710. The van der Waals surface area contributed by atoms with Gasteiger partial charge in [0.25, 0.3) is 0 Å². The lowest BCUT2D eigenvalue weighted by Gasteiger charge is -2.06. The summed E-state index contributed by atoms with van der Waals surface area (Å²) in [5, 5.41) is 16.0. The molecule has 0 atom stereocenters. The summed E-state index contributed by atoms with van der Waals surface area (Å²) in [6, 6.07) is 5.39. The molecule has 0 aliphatic heterocycles. The minimum Gasteiger partial charge on any atom is -0.497 e. The summed E-state index contributed by atoms with van der Waals surface area (Å²) in [6.07, 6.45) is 0.0710. The summed E-state index contributed by atoms with van der Waals surface area (Å²) < 4.78 is 10.4. The molecule has 21 heavy (non-hydrogen) atoms. The molecular weight excluding hydrogens is 294 g/mol. The number of nitrogens with zero attached hydrogens (tertiary/aromatic N) is 2. The zero-order valence-corrected chi connectivity index (χ0v) is 12.4. The van der Waals surface area contributed by atoms with Crippen molar-refractivity contribution in [1.82, 2.24) is 15.2 Å². The Morgan fingerprint density at radius 1 is 1.29 bits per heavy atom. The zero-order valence-electron chi connectivity index (χ0n) is 11.6. The Hall–Kier alpha value is -2.22. The molecule has 2 N–H and O–H groups in total. The van der Waals surface area contributed by atoms with Gasteiger partial charge in [0.2, 0.25) is 5.16 Å². The summed E-state index contributed by atoms with van der Waals surface area (Å²) in [6.45, 7) is 0. The van der Waals surface area contributed by atoms with Crippen molar-refractivity contribution in [2.24, 2.45) is 0 Å². The highest BCUT2D eigenvalue weighted by Gasteiger charge is 2.10. The number of aromatic nitrogens is 3. The maximum absolute atomic E-state index is 10.5. The highest BCUT2D eigenvalue weighted by molar-refractivity contribution is 7.99. The van der Waals surface area contributed by atoms with Gasteiger partial charge in [-0.1, -0.05) is 11.8 Å². The van der Waals surface area contributed by atoms with Crippen molar-refractivity contribution in [3.63, 3.8) is 0 Å². The van der Waals surface area contributed by atoms with Gasteiger partial charge in [0.05, 0.1) is 20.6 Å². The molecule has 0 unspecified atom stereocenters. The first-order valence-electron chi connectivity index (χ1n) is 6.13. The second-order valence-corrected chi connectivity index (χ2v) is 5.12. The first kappa shape index (κ1) is 15.2. The molecule has 0 saturated carbocycles. The number of nitrogens with one attached hydrogen (secondary N) is 1. The van der Waals surface area contributed by atoms with Gasteiger partial charge in [0, 0.05) is 17.4 Å². The van der Waals surface area contributed by atoms with Crippen molar-refractivity contribution in [3.05, 3.63) is 18.2 Å². The Balaban J connectivity index is 2.15. The van der Waals surface area contributed by atoms with Crippen molar-refractivity contribution < 1.29 is 19.4 Å². The van der Waals surface area contributed by atoms with Gasteiger partial charge >= 0.3 is 5.97 Å². The van der Waals surface area contributed by atoms with E-state index in [4.69, 9.17) is 14.6 Å². The fourth-order valence-electron chi connectivity index (χ4n) is 1.61. The fourth-order valence-corrected chi connectivity index (χ4v) is 2.34. The summed E-state index contributed by atoms with van der Waals surface area (Å²) in [5.74, 6) is 1.47. The molecule has 8 heteroatoms. The quantitative estimate of drug-likeness (QED) is 0.755. The van der Waals surface area contributed by atoms with Crippen LogP contribution < -0.4 is 9.47 Å². The second kappa shape index (κ2) is 6.98. The van der Waals surface area contributed by atoms with E-state index >= 15 is 0 Å². The molecule has 0 bridgehead atoms. The van der Waals surface area contributed by atoms with Crippen LogP contribution in [0.1, 0.15) is 6.42 Å². The van der Waals surface area contributed by atoms with Crippen LogP contribution in [0, 0.1) is 0 Å². The average Bonchev–Trinajstić information content (AvgIpc) is 2.95. The van der Waals surface area contributed by atoms with Crippen molar-refractivity contribution in [1.29, 1.82) is 0 Å². The molecule has 1 aromatic carbocycles. The highest BCUT2D eigenvalue weighted by atomic mass is 32.2. The second-order valence-electron chi connectivity index (χ2n) is 4.06. The average molecular weight is 309 g/mol. The van der Waals surface area contributed by atoms with Crippen molar-refractivity contribution >= 4 is 17.7 Å². The number of hydrogen-bond donors (Lipinski definition) is 2. The number of H-pyrrole nitrogens is 1. The number of aromatic amines is 1. The van der Waals surface area contributed by atoms with Gasteiger partial charge in [-0.3, -0.25) is 9.89 Å². The van der Waals surface area contributed by atoms with E-state index in [9.17, 15) is 4.79 Å². The lowest BCUT2D eigenvalue weighted by molar-refractivity contribution is -0.136. The van der Waals surface area contributed by atoms with Crippen molar-refractivity contribution in [3.8, 4) is 22.9 Å². The lowest BCUT2D eigenvalue weighted by Crippen LogP contribution is -1.95. The van der Waals surface area contributed by atoms with E-state index in [-0.39, 0.29) is 6.42 Å². The number of carboxylic acid groups (broad SMARTS) is 1. The molecule has 0 amide bonds. The number of hydrogen-bond acceptors (Lipinski definition) is 6. The van der Waals surface area contributed by atoms with E-state index in [0.717, 1.165) is 5.56 Å². The van der Waals surface area contributed by atoms with E-state index in [0.29, 0.717) is 28.2 Å². The van der Waals surface area contributed by atoms with Crippen LogP contribution in [-0.4, -0.2) is 46.2 Å². The van der Waals surface area contributed by atoms with Gasteiger partial charge in [-0.05, 0) is 12.1 Å². The highest BCUT2D eigenvalue weighted by Crippen LogP contribution is 2.28. The van der Waals surface area contributed by atoms with E-state index in [1.165, 1.54) is 11.8 Å². The molecule has 2 rings (SSSR count). The van der Waals surface area contributed by atoms with Gasteiger partial charge in [-0.25, -0.2) is 4.98 Å². The number of carbonyl (C=O) groups is 1. The SMILES string of the molecule is COc1cc(OC)cc(-c2nc(SCCC(=O)O)n[nH]2)c1. The summed E-state index contributed by atoms with van der Waals surface area (Å²) in [5.41, 5.74) is 0.781. The van der Waals surface area contributed by atoms with E-state index in [1.54, 1.807) is 20.3 Å². The number of ether oxygens (including phenoxy) is 2. The first-order chi connectivity index (χ1) is 10.1. The number of benzene rings is 1. The molecule has 0 fully saturated rings. The van der Waals surface area contributed by atoms with Crippen LogP contribution in [0.15, 0.2) is 23.4 Å². The van der Waals surface area contributed by atoms with Crippen LogP contribution in [-0.2, 0) is 4.79 Å². The number of aliphatic carboxylic acids is 1. The van der Waals surface area contributed by atoms with Crippen LogP contribution in [0.2, 0.25) is 0 Å². The van der Waals surface area contributed by atoms with Crippen LogP contribution in [0.5, 0.6) is 11.5 Å². The summed E-state index contributed by atoms with van der Waals surface area (Å²) >= 11 is 1.29. The van der Waals surface area contributed by atoms with Crippen molar-refractivity contribution in [2.75, 3.05) is 20.0 Å². The smallest absolute Gasteiger partial charge is 0.304 e. The van der Waals surface area contributed by atoms with Gasteiger partial charge in [0.1, 0.15) is 11.5 Å². The predicted octanol–water partition coefficient (Wildman–Crippen LogP) is 2.06. The molecule has 7 nitrogen and oxygen atoms in total. The Morgan fingerprint density at radius 3 is 2.52 bits per heavy atom. The van der Waals surface area contributed by atoms with Gasteiger partial charge < -0.3 is 14.6 Å². The van der Waals surface area contributed by atoms with Crippen LogP contribution >= 0.6 is 11.8 Å². The normalized spacial score (nSPS) is 10.4. The molecule has 2 aromatic rings. The number of thioether (sulfide) groups is 1. The Bertz CT molecular complexity index is 607. The minimum atomic E-state index is -0.837. The largest absolute Gasteiger partial charge is 0.497 e. The molecule has 1 heterocycles. The van der Waals surface area contributed by atoms with Crippen LogP contribution in [0.25, 0.3) is 11.4 Å². The Labute approximate surface area is 125 Å². The van der Waals surface area contributed by atoms with Gasteiger partial charge in [-0.15, -0.1) is 5.10 Å². The molecular formula is C13H15N3O4S. The molecule has 0 saturated heterocycles. The zero-order chi connectivity index (χ0) is 15.2. The maximum Gasteiger partial charge on any atom is 0.304 e.